The molecule has 1 N–H and O–H groups in total. The number of hydrogen-bond donors (Lipinski definition) is 1. The molecule has 13 heteroatoms. The lowest BCUT2D eigenvalue weighted by Gasteiger charge is -2.08. The van der Waals surface area contributed by atoms with Gasteiger partial charge in [-0.25, -0.2) is 13.9 Å². The normalized spacial score (nSPS) is 11.4. The number of nitro groups is 1. The number of ether oxygens (including phenoxy) is 1. The molecule has 0 fully saturated rings. The van der Waals surface area contributed by atoms with Gasteiger partial charge in [0.15, 0.2) is 0 Å². The fourth-order valence-electron chi connectivity index (χ4n) is 2.39. The number of aromatic nitrogens is 5. The van der Waals surface area contributed by atoms with Crippen molar-refractivity contribution in [1.82, 2.24) is 24.7 Å². The molecule has 3 aromatic rings. The first-order valence-electron chi connectivity index (χ1n) is 7.73. The maximum atomic E-state index is 12.9. The Labute approximate surface area is 161 Å². The van der Waals surface area contributed by atoms with Crippen LogP contribution in [0.15, 0.2) is 35.6 Å². The smallest absolute Gasteiger partial charge is 0.389 e. The van der Waals surface area contributed by atoms with Crippen molar-refractivity contribution in [2.24, 2.45) is 5.10 Å². The Morgan fingerprint density at radius 3 is 2.89 bits per heavy atom. The van der Waals surface area contributed by atoms with Crippen LogP contribution in [-0.2, 0) is 6.54 Å². The van der Waals surface area contributed by atoms with Crippen molar-refractivity contribution >= 4 is 24.3 Å². The van der Waals surface area contributed by atoms with E-state index in [1.165, 1.54) is 30.3 Å². The Morgan fingerprint density at radius 1 is 1.46 bits per heavy atom. The van der Waals surface area contributed by atoms with Crippen molar-refractivity contribution in [3.05, 3.63) is 62.3 Å². The zero-order valence-corrected chi connectivity index (χ0v) is 15.1. The molecule has 1 aromatic carbocycles. The summed E-state index contributed by atoms with van der Waals surface area (Å²) in [4.78, 5) is 10.2. The predicted molar refractivity (Wildman–Crippen MR) is 96.3 cm³/mol. The molecule has 0 aliphatic heterocycles. The third kappa shape index (κ3) is 4.09. The first-order valence-corrected chi connectivity index (χ1v) is 8.14. The molecule has 28 heavy (non-hydrogen) atoms. The number of hydrogen-bond acceptors (Lipinski definition) is 7. The van der Waals surface area contributed by atoms with Crippen LogP contribution >= 0.6 is 12.2 Å². The minimum Gasteiger partial charge on any atom is -0.496 e. The van der Waals surface area contributed by atoms with E-state index in [4.69, 9.17) is 17.0 Å². The van der Waals surface area contributed by atoms with Crippen molar-refractivity contribution in [2.45, 2.75) is 13.0 Å². The van der Waals surface area contributed by atoms with E-state index in [2.05, 4.69) is 20.4 Å². The summed E-state index contributed by atoms with van der Waals surface area (Å²) in [5.41, 5.74) is 1.23. The monoisotopic (exact) mass is 409 g/mol. The van der Waals surface area contributed by atoms with Crippen molar-refractivity contribution in [3.63, 3.8) is 0 Å². The average Bonchev–Trinajstić information content (AvgIpc) is 3.27. The highest BCUT2D eigenvalue weighted by molar-refractivity contribution is 7.71. The van der Waals surface area contributed by atoms with E-state index < -0.39 is 17.2 Å². The van der Waals surface area contributed by atoms with E-state index in [0.717, 1.165) is 4.68 Å². The summed E-state index contributed by atoms with van der Waals surface area (Å²) < 4.78 is 33.3. The zero-order chi connectivity index (χ0) is 20.3. The van der Waals surface area contributed by atoms with Crippen LogP contribution in [-0.4, -0.2) is 42.9 Å². The Bertz CT molecular complexity index is 1090. The average molecular weight is 409 g/mol. The van der Waals surface area contributed by atoms with Crippen molar-refractivity contribution in [3.8, 4) is 5.75 Å². The van der Waals surface area contributed by atoms with Crippen LogP contribution in [0.4, 0.5) is 14.6 Å². The minimum atomic E-state index is -2.84. The lowest BCUT2D eigenvalue weighted by atomic mass is 10.1. The summed E-state index contributed by atoms with van der Waals surface area (Å²) in [5, 5.41) is 24.3. The number of aromatic amines is 1. The first kappa shape index (κ1) is 19.3. The van der Waals surface area contributed by atoms with E-state index in [1.54, 1.807) is 18.2 Å². The molecule has 10 nitrogen and oxygen atoms in total. The Balaban J connectivity index is 1.89. The van der Waals surface area contributed by atoms with Gasteiger partial charge < -0.3 is 14.9 Å². The molecule has 0 amide bonds. The number of methoxy groups -OCH3 is 1. The van der Waals surface area contributed by atoms with Crippen molar-refractivity contribution in [1.29, 1.82) is 0 Å². The molecule has 0 unspecified atom stereocenters. The summed E-state index contributed by atoms with van der Waals surface area (Å²) in [6.07, 6.45) is -0.0314. The fraction of sp³-hybridized carbons (Fsp3) is 0.200. The molecule has 3 rings (SSSR count). The number of nitrogens with one attached hydrogen (secondary N) is 1. The molecule has 0 aliphatic rings. The number of halogens is 2. The Morgan fingerprint density at radius 2 is 2.25 bits per heavy atom. The third-order valence-electron chi connectivity index (χ3n) is 3.64. The number of nitrogens with zero attached hydrogens (tertiary/aromatic N) is 6. The molecule has 0 radical (unpaired) electrons. The molecule has 0 aliphatic carbocycles. The second-order valence-electron chi connectivity index (χ2n) is 5.44. The largest absolute Gasteiger partial charge is 0.496 e. The van der Waals surface area contributed by atoms with Crippen LogP contribution < -0.4 is 4.74 Å². The Kier molecular flexibility index (Phi) is 5.54. The second-order valence-corrected chi connectivity index (χ2v) is 5.83. The lowest BCUT2D eigenvalue weighted by molar-refractivity contribution is -0.389. The summed E-state index contributed by atoms with van der Waals surface area (Å²) in [6.45, 7) is 0.201. The molecular weight excluding hydrogens is 396 g/mol. The van der Waals surface area contributed by atoms with Gasteiger partial charge in [0.25, 0.3) is 6.43 Å². The summed E-state index contributed by atoms with van der Waals surface area (Å²) in [5.74, 6) is -0.340. The van der Waals surface area contributed by atoms with Gasteiger partial charge in [-0.05, 0) is 40.9 Å². The number of rotatable bonds is 7. The van der Waals surface area contributed by atoms with Crippen LogP contribution in [0.5, 0.6) is 5.75 Å². The molecule has 146 valence electrons. The van der Waals surface area contributed by atoms with Gasteiger partial charge >= 0.3 is 5.82 Å². The topological polar surface area (TPSA) is 116 Å². The highest BCUT2D eigenvalue weighted by Gasteiger charge is 2.16. The van der Waals surface area contributed by atoms with Gasteiger partial charge in [0.05, 0.1) is 37.2 Å². The number of alkyl halides is 2. The van der Waals surface area contributed by atoms with Gasteiger partial charge in [0, 0.05) is 5.56 Å². The molecule has 0 spiro atoms. The van der Waals surface area contributed by atoms with Crippen LogP contribution in [0.25, 0.3) is 0 Å². The molecule has 0 atom stereocenters. The van der Waals surface area contributed by atoms with Gasteiger partial charge in [-0.1, -0.05) is 0 Å². The number of benzene rings is 1. The highest BCUT2D eigenvalue weighted by Crippen LogP contribution is 2.21. The molecule has 0 saturated carbocycles. The quantitative estimate of drug-likeness (QED) is 0.278. The standard InChI is InChI=1S/C15H13F2N7O3S/c1-27-11-3-2-9(7-18-23-14(13(16)17)19-20-15(23)28)6-10(11)8-22-5-4-12(21-22)24(25)26/h2-7,13H,8H2,1H3,(H,20,28). The van der Waals surface area contributed by atoms with Gasteiger partial charge in [-0.15, -0.1) is 0 Å². The van der Waals surface area contributed by atoms with E-state index in [1.807, 2.05) is 0 Å². The van der Waals surface area contributed by atoms with E-state index in [9.17, 15) is 18.9 Å². The molecule has 2 heterocycles. The van der Waals surface area contributed by atoms with Crippen LogP contribution in [0.2, 0.25) is 0 Å². The number of H-pyrrole nitrogens is 1. The van der Waals surface area contributed by atoms with Gasteiger partial charge in [-0.2, -0.15) is 19.6 Å². The van der Waals surface area contributed by atoms with Crippen LogP contribution in [0.3, 0.4) is 0 Å². The second kappa shape index (κ2) is 8.04. The maximum Gasteiger partial charge on any atom is 0.389 e. The third-order valence-corrected chi connectivity index (χ3v) is 3.91. The van der Waals surface area contributed by atoms with Gasteiger partial charge in [-0.3, -0.25) is 0 Å². The molecular formula is C15H13F2N7O3S. The summed E-state index contributed by atoms with van der Waals surface area (Å²) >= 11 is 4.89. The van der Waals surface area contributed by atoms with Gasteiger partial charge in [0.1, 0.15) is 5.75 Å². The van der Waals surface area contributed by atoms with E-state index in [0.29, 0.717) is 16.9 Å². The zero-order valence-electron chi connectivity index (χ0n) is 14.3. The summed E-state index contributed by atoms with van der Waals surface area (Å²) in [7, 11) is 1.48. The lowest BCUT2D eigenvalue weighted by Crippen LogP contribution is -2.04. The van der Waals surface area contributed by atoms with Crippen LogP contribution in [0, 0.1) is 14.9 Å². The fourth-order valence-corrected chi connectivity index (χ4v) is 2.58. The summed E-state index contributed by atoms with van der Waals surface area (Å²) in [6, 6.07) is 6.31. The van der Waals surface area contributed by atoms with Crippen molar-refractivity contribution in [2.75, 3.05) is 7.11 Å². The van der Waals surface area contributed by atoms with E-state index >= 15 is 0 Å². The first-order chi connectivity index (χ1) is 13.4. The van der Waals surface area contributed by atoms with Crippen molar-refractivity contribution < 1.29 is 18.4 Å². The maximum absolute atomic E-state index is 12.9. The SMILES string of the molecule is COc1ccc(C=Nn2c(C(F)F)n[nH]c2=S)cc1Cn1ccc([N+](=O)[O-])n1. The molecule has 0 bridgehead atoms. The molecule has 0 saturated heterocycles. The Hall–Kier alpha value is -3.48. The van der Waals surface area contributed by atoms with E-state index in [-0.39, 0.29) is 17.1 Å². The molecule has 2 aromatic heterocycles. The minimum absolute atomic E-state index is 0.0656. The highest BCUT2D eigenvalue weighted by atomic mass is 32.1. The predicted octanol–water partition coefficient (Wildman–Crippen LogP) is 2.92. The van der Waals surface area contributed by atoms with Gasteiger partial charge in [0.2, 0.25) is 10.6 Å². The van der Waals surface area contributed by atoms with Crippen LogP contribution in [0.1, 0.15) is 23.4 Å².